The molecule has 0 rings (SSSR count). The molecular weight excluding hydrogens is 168 g/mol. The van der Waals surface area contributed by atoms with Crippen LogP contribution in [0.1, 0.15) is 54.4 Å². The molecule has 0 heteroatoms. The van der Waals surface area contributed by atoms with Crippen LogP contribution in [0.4, 0.5) is 0 Å². The lowest BCUT2D eigenvalue weighted by atomic mass is 9.77. The van der Waals surface area contributed by atoms with Crippen molar-refractivity contribution in [2.45, 2.75) is 54.4 Å². The maximum Gasteiger partial charge on any atom is -0.00899 e. The van der Waals surface area contributed by atoms with Crippen molar-refractivity contribution in [3.05, 3.63) is 23.8 Å². The Hall–Kier alpha value is -0.520. The molecule has 14 heavy (non-hydrogen) atoms. The number of rotatable bonds is 5. The van der Waals surface area contributed by atoms with E-state index in [2.05, 4.69) is 54.2 Å². The van der Waals surface area contributed by atoms with Gasteiger partial charge in [0.2, 0.25) is 0 Å². The first kappa shape index (κ1) is 13.5. The number of allylic oxidation sites excluding steroid dienone is 3. The van der Waals surface area contributed by atoms with Gasteiger partial charge < -0.3 is 0 Å². The highest BCUT2D eigenvalue weighted by Crippen LogP contribution is 2.34. The summed E-state index contributed by atoms with van der Waals surface area (Å²) < 4.78 is 0. The molecule has 0 aromatic carbocycles. The molecule has 0 aliphatic carbocycles. The minimum atomic E-state index is 0.288. The summed E-state index contributed by atoms with van der Waals surface area (Å²) in [6, 6.07) is 0. The predicted molar refractivity (Wildman–Crippen MR) is 66.4 cm³/mol. The third-order valence-corrected chi connectivity index (χ3v) is 3.60. The molecule has 1 unspecified atom stereocenters. The maximum absolute atomic E-state index is 4.09. The minimum Gasteiger partial charge on any atom is -0.0996 e. The van der Waals surface area contributed by atoms with E-state index in [1.807, 2.05) is 0 Å². The SMILES string of the molecule is C=C(C)C(C)(CC)CC=C(C)C(C)C. The molecule has 0 fully saturated rings. The van der Waals surface area contributed by atoms with Crippen molar-refractivity contribution in [1.82, 2.24) is 0 Å². The van der Waals surface area contributed by atoms with E-state index >= 15 is 0 Å². The predicted octanol–water partition coefficient (Wildman–Crippen LogP) is 4.97. The van der Waals surface area contributed by atoms with E-state index in [1.54, 1.807) is 0 Å². The molecule has 0 radical (unpaired) electrons. The summed E-state index contributed by atoms with van der Waals surface area (Å²) in [5.74, 6) is 0.668. The van der Waals surface area contributed by atoms with Gasteiger partial charge in [0.05, 0.1) is 0 Å². The zero-order valence-corrected chi connectivity index (χ0v) is 10.8. The molecule has 0 spiro atoms. The van der Waals surface area contributed by atoms with Crippen LogP contribution in [-0.4, -0.2) is 0 Å². The first-order valence-electron chi connectivity index (χ1n) is 5.66. The zero-order valence-electron chi connectivity index (χ0n) is 10.8. The fourth-order valence-electron chi connectivity index (χ4n) is 1.24. The van der Waals surface area contributed by atoms with Gasteiger partial charge >= 0.3 is 0 Å². The summed E-state index contributed by atoms with van der Waals surface area (Å²) in [4.78, 5) is 0. The van der Waals surface area contributed by atoms with E-state index in [0.717, 1.165) is 6.42 Å². The average Bonchev–Trinajstić information content (AvgIpc) is 2.12. The molecule has 0 saturated heterocycles. The maximum atomic E-state index is 4.09. The van der Waals surface area contributed by atoms with E-state index in [0.29, 0.717) is 5.92 Å². The first-order valence-corrected chi connectivity index (χ1v) is 5.66. The van der Waals surface area contributed by atoms with Gasteiger partial charge in [0.15, 0.2) is 0 Å². The molecule has 0 saturated carbocycles. The van der Waals surface area contributed by atoms with E-state index < -0.39 is 0 Å². The van der Waals surface area contributed by atoms with Gasteiger partial charge in [-0.1, -0.05) is 51.5 Å². The van der Waals surface area contributed by atoms with Gasteiger partial charge in [-0.05, 0) is 38.0 Å². The molecule has 0 nitrogen and oxygen atoms in total. The van der Waals surface area contributed by atoms with Crippen molar-refractivity contribution in [2.75, 3.05) is 0 Å². The van der Waals surface area contributed by atoms with Crippen molar-refractivity contribution in [1.29, 1.82) is 0 Å². The molecule has 0 bridgehead atoms. The fraction of sp³-hybridized carbons (Fsp3) is 0.714. The van der Waals surface area contributed by atoms with Crippen LogP contribution in [0.25, 0.3) is 0 Å². The van der Waals surface area contributed by atoms with Crippen LogP contribution < -0.4 is 0 Å². The quantitative estimate of drug-likeness (QED) is 0.542. The monoisotopic (exact) mass is 194 g/mol. The van der Waals surface area contributed by atoms with Crippen LogP contribution in [0.3, 0.4) is 0 Å². The number of hydrogen-bond donors (Lipinski definition) is 0. The van der Waals surface area contributed by atoms with Gasteiger partial charge in [-0.3, -0.25) is 0 Å². The molecule has 0 aliphatic heterocycles. The van der Waals surface area contributed by atoms with Gasteiger partial charge in [-0.25, -0.2) is 0 Å². The summed E-state index contributed by atoms with van der Waals surface area (Å²) >= 11 is 0. The van der Waals surface area contributed by atoms with Crippen LogP contribution >= 0.6 is 0 Å². The molecule has 0 amide bonds. The molecule has 0 aromatic heterocycles. The van der Waals surface area contributed by atoms with Gasteiger partial charge in [0, 0.05) is 0 Å². The highest BCUT2D eigenvalue weighted by Gasteiger charge is 2.21. The smallest absolute Gasteiger partial charge is 0.00899 e. The van der Waals surface area contributed by atoms with E-state index in [9.17, 15) is 0 Å². The zero-order chi connectivity index (χ0) is 11.4. The Morgan fingerprint density at radius 3 is 2.14 bits per heavy atom. The topological polar surface area (TPSA) is 0 Å². The molecule has 0 heterocycles. The van der Waals surface area contributed by atoms with Crippen LogP contribution in [-0.2, 0) is 0 Å². The second-order valence-corrected chi connectivity index (χ2v) is 5.00. The van der Waals surface area contributed by atoms with E-state index in [1.165, 1.54) is 17.6 Å². The highest BCUT2D eigenvalue weighted by atomic mass is 14.3. The van der Waals surface area contributed by atoms with Crippen molar-refractivity contribution in [3.63, 3.8) is 0 Å². The normalized spacial score (nSPS) is 16.9. The second kappa shape index (κ2) is 5.38. The van der Waals surface area contributed by atoms with Crippen LogP contribution in [0, 0.1) is 11.3 Å². The van der Waals surface area contributed by atoms with Gasteiger partial charge in [0.1, 0.15) is 0 Å². The van der Waals surface area contributed by atoms with Crippen LogP contribution in [0.15, 0.2) is 23.8 Å². The Labute approximate surface area is 90.1 Å². The Kier molecular flexibility index (Phi) is 5.18. The second-order valence-electron chi connectivity index (χ2n) is 5.00. The van der Waals surface area contributed by atoms with Gasteiger partial charge in [-0.2, -0.15) is 0 Å². The Bertz CT molecular complexity index is 220. The third kappa shape index (κ3) is 3.69. The Morgan fingerprint density at radius 1 is 1.36 bits per heavy atom. The molecular formula is C14H26. The lowest BCUT2D eigenvalue weighted by Crippen LogP contribution is -2.15. The summed E-state index contributed by atoms with van der Waals surface area (Å²) in [7, 11) is 0. The molecule has 82 valence electrons. The standard InChI is InChI=1S/C14H26/c1-8-14(7,12(4)5)10-9-13(6)11(2)3/h9,11H,4,8,10H2,1-3,5-7H3. The largest absolute Gasteiger partial charge is 0.0996 e. The van der Waals surface area contributed by atoms with Crippen LogP contribution in [0.5, 0.6) is 0 Å². The summed E-state index contributed by atoms with van der Waals surface area (Å²) in [5, 5.41) is 0. The van der Waals surface area contributed by atoms with Crippen molar-refractivity contribution < 1.29 is 0 Å². The van der Waals surface area contributed by atoms with Gasteiger partial charge in [-0.15, -0.1) is 0 Å². The lowest BCUT2D eigenvalue weighted by Gasteiger charge is -2.28. The van der Waals surface area contributed by atoms with Crippen LogP contribution in [0.2, 0.25) is 0 Å². The van der Waals surface area contributed by atoms with Crippen molar-refractivity contribution >= 4 is 0 Å². The first-order chi connectivity index (χ1) is 6.33. The molecule has 0 aromatic rings. The molecule has 0 aliphatic rings. The Balaban J connectivity index is 4.49. The molecule has 1 atom stereocenters. The van der Waals surface area contributed by atoms with E-state index in [4.69, 9.17) is 0 Å². The van der Waals surface area contributed by atoms with E-state index in [-0.39, 0.29) is 5.41 Å². The summed E-state index contributed by atoms with van der Waals surface area (Å²) in [5.41, 5.74) is 3.08. The third-order valence-electron chi connectivity index (χ3n) is 3.60. The van der Waals surface area contributed by atoms with Gasteiger partial charge in [0.25, 0.3) is 0 Å². The minimum absolute atomic E-state index is 0.288. The lowest BCUT2D eigenvalue weighted by molar-refractivity contribution is 0.387. The fourth-order valence-corrected chi connectivity index (χ4v) is 1.24. The van der Waals surface area contributed by atoms with Crippen molar-refractivity contribution in [3.8, 4) is 0 Å². The average molecular weight is 194 g/mol. The number of hydrogen-bond acceptors (Lipinski definition) is 0. The van der Waals surface area contributed by atoms with Crippen molar-refractivity contribution in [2.24, 2.45) is 11.3 Å². The summed E-state index contributed by atoms with van der Waals surface area (Å²) in [6.07, 6.45) is 4.68. The summed E-state index contributed by atoms with van der Waals surface area (Å²) in [6.45, 7) is 17.5. The molecule has 0 N–H and O–H groups in total. The Morgan fingerprint density at radius 2 is 1.86 bits per heavy atom. The highest BCUT2D eigenvalue weighted by molar-refractivity contribution is 5.11.